The maximum atomic E-state index is 10.8. The van der Waals surface area contributed by atoms with E-state index in [4.69, 9.17) is 14.6 Å². The summed E-state index contributed by atoms with van der Waals surface area (Å²) in [5, 5.41) is 8.63. The zero-order valence-electron chi connectivity index (χ0n) is 10.3. The Balaban J connectivity index is 0.00000324. The van der Waals surface area contributed by atoms with Gasteiger partial charge in [0.1, 0.15) is 5.75 Å². The van der Waals surface area contributed by atoms with Crippen LogP contribution in [0.5, 0.6) is 5.75 Å². The molecule has 4 nitrogen and oxygen atoms in total. The van der Waals surface area contributed by atoms with Gasteiger partial charge in [-0.25, -0.2) is 0 Å². The summed E-state index contributed by atoms with van der Waals surface area (Å²) in [6.45, 7) is 2.31. The van der Waals surface area contributed by atoms with Crippen LogP contribution in [0.15, 0.2) is 24.3 Å². The Labute approximate surface area is 161 Å². The Kier molecular flexibility index (Phi) is 11.6. The van der Waals surface area contributed by atoms with Gasteiger partial charge in [-0.05, 0) is 24.1 Å². The molecule has 1 rings (SSSR count). The quantitative estimate of drug-likeness (QED) is 0.262. The van der Waals surface area contributed by atoms with Gasteiger partial charge in [0.15, 0.2) is 0 Å². The molecule has 0 aliphatic rings. The number of hydrogen-bond acceptors (Lipinski definition) is 5. The molecule has 0 spiro atoms. The summed E-state index contributed by atoms with van der Waals surface area (Å²) in [5.74, 6) is 0.200. The van der Waals surface area contributed by atoms with Crippen LogP contribution in [0, 0.1) is 0 Å². The van der Waals surface area contributed by atoms with Crippen molar-refractivity contribution in [3.05, 3.63) is 29.8 Å². The van der Waals surface area contributed by atoms with Gasteiger partial charge in [0.25, 0.3) is 0 Å². The van der Waals surface area contributed by atoms with E-state index in [2.05, 4.69) is 12.6 Å². The zero-order chi connectivity index (χ0) is 13.4. The van der Waals surface area contributed by atoms with Crippen LogP contribution < -0.4 is 4.74 Å². The van der Waals surface area contributed by atoms with Crippen LogP contribution >= 0.6 is 12.6 Å². The predicted molar refractivity (Wildman–Crippen MR) is 79.1 cm³/mol. The maximum absolute atomic E-state index is 10.8. The first-order chi connectivity index (χ1) is 8.63. The molecule has 0 heterocycles. The second kappa shape index (κ2) is 11.3. The van der Waals surface area contributed by atoms with Crippen LogP contribution in [-0.4, -0.2) is 82.3 Å². The molecule has 0 saturated carbocycles. The minimum atomic E-state index is -0.331. The van der Waals surface area contributed by atoms with E-state index in [0.717, 1.165) is 12.0 Å². The topological polar surface area (TPSA) is 55.8 Å². The van der Waals surface area contributed by atoms with Crippen molar-refractivity contribution < 1.29 is 19.4 Å². The number of rotatable bonds is 7. The molecule has 0 aliphatic heterocycles. The van der Waals surface area contributed by atoms with Gasteiger partial charge in [-0.1, -0.05) is 12.1 Å². The second-order valence-corrected chi connectivity index (χ2v) is 4.43. The van der Waals surface area contributed by atoms with Gasteiger partial charge in [-0.2, -0.15) is 12.6 Å². The number of esters is 1. The van der Waals surface area contributed by atoms with E-state index in [1.54, 1.807) is 12.1 Å². The molecule has 0 aromatic heterocycles. The Morgan fingerprint density at radius 3 is 2.47 bits per heavy atom. The standard InChI is InChI=1S/C13H18O4S.K.H/c1-10(15)17-12-4-2-11(3-5-12)13(18)6-8-16-9-7-14;;/h2-5,13-14,18H,6-9H2,1H3;;. The molecule has 0 fully saturated rings. The van der Waals surface area contributed by atoms with Crippen molar-refractivity contribution in [2.75, 3.05) is 19.8 Å². The first-order valence-electron chi connectivity index (χ1n) is 5.78. The Morgan fingerprint density at radius 1 is 1.32 bits per heavy atom. The summed E-state index contributed by atoms with van der Waals surface area (Å²) in [4.78, 5) is 10.8. The van der Waals surface area contributed by atoms with Crippen LogP contribution in [0.3, 0.4) is 0 Å². The summed E-state index contributed by atoms with van der Waals surface area (Å²) >= 11 is 4.48. The number of hydrogen-bond donors (Lipinski definition) is 2. The molecule has 1 atom stereocenters. The van der Waals surface area contributed by atoms with Gasteiger partial charge >= 0.3 is 57.4 Å². The molecule has 0 saturated heterocycles. The molecule has 1 aromatic rings. The summed E-state index contributed by atoms with van der Waals surface area (Å²) in [6.07, 6.45) is 0.760. The molecule has 0 amide bonds. The van der Waals surface area contributed by atoms with Gasteiger partial charge in [-0.15, -0.1) is 0 Å². The van der Waals surface area contributed by atoms with Gasteiger partial charge in [0.05, 0.1) is 13.2 Å². The van der Waals surface area contributed by atoms with Crippen molar-refractivity contribution >= 4 is 70.0 Å². The predicted octanol–water partition coefficient (Wildman–Crippen LogP) is 1.33. The summed E-state index contributed by atoms with van der Waals surface area (Å²) in [5.41, 5.74) is 1.04. The number of aliphatic hydroxyl groups excluding tert-OH is 1. The van der Waals surface area contributed by atoms with Gasteiger partial charge in [-0.3, -0.25) is 4.79 Å². The number of carbonyl (C=O) groups excluding carboxylic acids is 1. The third kappa shape index (κ3) is 8.47. The van der Waals surface area contributed by atoms with Crippen molar-refractivity contribution in [2.24, 2.45) is 0 Å². The fraction of sp³-hybridized carbons (Fsp3) is 0.462. The number of ether oxygens (including phenoxy) is 2. The molecule has 1 unspecified atom stereocenters. The molecule has 0 aliphatic carbocycles. The fourth-order valence-electron chi connectivity index (χ4n) is 1.45. The molecule has 1 aromatic carbocycles. The number of benzene rings is 1. The van der Waals surface area contributed by atoms with E-state index >= 15 is 0 Å². The van der Waals surface area contributed by atoms with Crippen molar-refractivity contribution in [1.82, 2.24) is 0 Å². The van der Waals surface area contributed by atoms with Gasteiger partial charge < -0.3 is 14.6 Å². The van der Waals surface area contributed by atoms with Crippen molar-refractivity contribution in [1.29, 1.82) is 0 Å². The fourth-order valence-corrected chi connectivity index (χ4v) is 1.73. The van der Waals surface area contributed by atoms with E-state index in [0.29, 0.717) is 19.0 Å². The molecule has 102 valence electrons. The first-order valence-corrected chi connectivity index (χ1v) is 6.30. The Bertz CT molecular complexity index is 369. The molecule has 19 heavy (non-hydrogen) atoms. The Hall–Kier alpha value is 0.596. The molecule has 0 bridgehead atoms. The number of carbonyl (C=O) groups is 1. The van der Waals surface area contributed by atoms with E-state index in [1.165, 1.54) is 6.92 Å². The zero-order valence-corrected chi connectivity index (χ0v) is 11.2. The second-order valence-electron chi connectivity index (χ2n) is 3.80. The molecule has 6 heteroatoms. The minimum absolute atomic E-state index is 0. The first kappa shape index (κ1) is 19.6. The Morgan fingerprint density at radius 2 is 1.95 bits per heavy atom. The van der Waals surface area contributed by atoms with E-state index in [1.807, 2.05) is 12.1 Å². The summed E-state index contributed by atoms with van der Waals surface area (Å²) < 4.78 is 10.1. The SMILES string of the molecule is CC(=O)Oc1ccc(C(S)CCOCCO)cc1.[KH]. The van der Waals surface area contributed by atoms with Gasteiger partial charge in [0.2, 0.25) is 0 Å². The normalized spacial score (nSPS) is 11.5. The summed E-state index contributed by atoms with van der Waals surface area (Å²) in [7, 11) is 0. The monoisotopic (exact) mass is 310 g/mol. The van der Waals surface area contributed by atoms with Crippen LogP contribution in [0.1, 0.15) is 24.2 Å². The van der Waals surface area contributed by atoms with Crippen LogP contribution in [0.25, 0.3) is 0 Å². The third-order valence-electron chi connectivity index (χ3n) is 2.30. The van der Waals surface area contributed by atoms with E-state index in [-0.39, 0.29) is 69.2 Å². The van der Waals surface area contributed by atoms with Crippen LogP contribution in [0.2, 0.25) is 0 Å². The molecular weight excluding hydrogens is 291 g/mol. The average Bonchev–Trinajstić information content (AvgIpc) is 2.34. The van der Waals surface area contributed by atoms with E-state index < -0.39 is 0 Å². The van der Waals surface area contributed by atoms with Crippen molar-refractivity contribution in [3.63, 3.8) is 0 Å². The van der Waals surface area contributed by atoms with Gasteiger partial charge in [0, 0.05) is 18.8 Å². The van der Waals surface area contributed by atoms with E-state index in [9.17, 15) is 4.79 Å². The molecule has 0 radical (unpaired) electrons. The third-order valence-corrected chi connectivity index (χ3v) is 2.85. The number of aliphatic hydroxyl groups is 1. The van der Waals surface area contributed by atoms with Crippen molar-refractivity contribution in [3.8, 4) is 5.75 Å². The van der Waals surface area contributed by atoms with Crippen molar-refractivity contribution in [2.45, 2.75) is 18.6 Å². The average molecular weight is 310 g/mol. The molecule has 1 N–H and O–H groups in total. The number of thiol groups is 1. The summed E-state index contributed by atoms with van der Waals surface area (Å²) in [6, 6.07) is 7.24. The molecular formula is C13H19KO4S. The van der Waals surface area contributed by atoms with Crippen LogP contribution in [0.4, 0.5) is 0 Å². The van der Waals surface area contributed by atoms with Crippen LogP contribution in [-0.2, 0) is 9.53 Å².